The van der Waals surface area contributed by atoms with Crippen molar-refractivity contribution >= 4 is 7.82 Å². The lowest BCUT2D eigenvalue weighted by Gasteiger charge is -2.40. The maximum absolute atomic E-state index is 12.1. The van der Waals surface area contributed by atoms with Crippen molar-refractivity contribution in [3.63, 3.8) is 0 Å². The van der Waals surface area contributed by atoms with Crippen LogP contribution in [0.3, 0.4) is 0 Å². The van der Waals surface area contributed by atoms with Gasteiger partial charge in [0.25, 0.3) is 7.82 Å². The molecular formula is C26H58NO6P. The second kappa shape index (κ2) is 22.2. The first-order chi connectivity index (χ1) is 15.4. The highest BCUT2D eigenvalue weighted by molar-refractivity contribution is 7.45. The minimum absolute atomic E-state index is 0. The third kappa shape index (κ3) is 19.2. The lowest BCUT2D eigenvalue weighted by atomic mass is 10.0. The molecule has 208 valence electrons. The summed E-state index contributed by atoms with van der Waals surface area (Å²) in [6.07, 6.45) is 22.3. The number of quaternary nitrogens is 1. The Morgan fingerprint density at radius 3 is 1.50 bits per heavy atom. The summed E-state index contributed by atoms with van der Waals surface area (Å²) in [7, 11) is -1.94. The summed E-state index contributed by atoms with van der Waals surface area (Å²) >= 11 is 0. The highest BCUT2D eigenvalue weighted by Gasteiger charge is 2.31. The third-order valence-electron chi connectivity index (χ3n) is 7.27. The van der Waals surface area contributed by atoms with E-state index in [-0.39, 0.29) is 23.7 Å². The van der Waals surface area contributed by atoms with Crippen LogP contribution in [0.2, 0.25) is 0 Å². The first-order valence-electron chi connectivity index (χ1n) is 13.9. The van der Waals surface area contributed by atoms with Crippen LogP contribution in [0.1, 0.15) is 129 Å². The molecule has 0 aromatic carbocycles. The van der Waals surface area contributed by atoms with Crippen molar-refractivity contribution in [3.8, 4) is 0 Å². The van der Waals surface area contributed by atoms with E-state index in [1.807, 2.05) is 0 Å². The largest absolute Gasteiger partial charge is 0.756 e. The summed E-state index contributed by atoms with van der Waals surface area (Å²) in [6.45, 7) is 7.74. The van der Waals surface area contributed by atoms with Crippen LogP contribution in [0, 0.1) is 0 Å². The lowest BCUT2D eigenvalue weighted by molar-refractivity contribution is -0.913. The predicted octanol–water partition coefficient (Wildman–Crippen LogP) is 5.73. The summed E-state index contributed by atoms with van der Waals surface area (Å²) in [5.74, 6) is 0. The molecule has 1 unspecified atom stereocenters. The molecule has 7 nitrogen and oxygen atoms in total. The molecule has 0 aliphatic carbocycles. The molecular weight excluding hydrogens is 453 g/mol. The average molecular weight is 512 g/mol. The fraction of sp³-hybridized carbons (Fsp3) is 1.00. The molecule has 1 saturated heterocycles. The van der Waals surface area contributed by atoms with Crippen LogP contribution in [0.15, 0.2) is 0 Å². The van der Waals surface area contributed by atoms with Gasteiger partial charge in [-0.15, -0.1) is 0 Å². The fourth-order valence-corrected chi connectivity index (χ4v) is 5.62. The van der Waals surface area contributed by atoms with E-state index >= 15 is 0 Å². The summed E-state index contributed by atoms with van der Waals surface area (Å²) in [6, 6.07) is 0. The second-order valence-electron chi connectivity index (χ2n) is 10.3. The number of rotatable bonds is 21. The summed E-state index contributed by atoms with van der Waals surface area (Å²) in [5, 5.41) is 0. The van der Waals surface area contributed by atoms with E-state index < -0.39 is 7.82 Å². The van der Waals surface area contributed by atoms with Crippen molar-refractivity contribution in [2.45, 2.75) is 136 Å². The maximum atomic E-state index is 12.1. The van der Waals surface area contributed by atoms with Gasteiger partial charge in [-0.1, -0.05) is 103 Å². The van der Waals surface area contributed by atoms with Gasteiger partial charge in [-0.05, 0) is 13.3 Å². The van der Waals surface area contributed by atoms with Gasteiger partial charge in [0.1, 0.15) is 0 Å². The zero-order valence-electron chi connectivity index (χ0n) is 22.7. The van der Waals surface area contributed by atoms with E-state index in [1.165, 1.54) is 89.9 Å². The molecule has 1 aliphatic heterocycles. The van der Waals surface area contributed by atoms with Gasteiger partial charge in [0, 0.05) is 12.8 Å². The Hall–Kier alpha value is -0.0100. The summed E-state index contributed by atoms with van der Waals surface area (Å²) in [5.41, 5.74) is 0. The number of phosphoric ester groups is 1. The lowest BCUT2D eigenvalue weighted by Crippen LogP contribution is -2.51. The zero-order chi connectivity index (χ0) is 23.5. The normalized spacial score (nSPS) is 21.9. The topological polar surface area (TPSA) is 122 Å². The summed E-state index contributed by atoms with van der Waals surface area (Å²) in [4.78, 5) is 12.1. The van der Waals surface area contributed by atoms with Crippen molar-refractivity contribution < 1.29 is 33.9 Å². The van der Waals surface area contributed by atoms with Crippen LogP contribution >= 0.6 is 7.82 Å². The molecule has 1 heterocycles. The Morgan fingerprint density at radius 1 is 0.735 bits per heavy atom. The number of nitrogens with zero attached hydrogens (tertiary/aromatic N) is 1. The zero-order valence-corrected chi connectivity index (χ0v) is 23.6. The number of piperidine rings is 1. The van der Waals surface area contributed by atoms with Crippen LogP contribution in [0.5, 0.6) is 0 Å². The van der Waals surface area contributed by atoms with Crippen LogP contribution in [-0.4, -0.2) is 54.8 Å². The van der Waals surface area contributed by atoms with Crippen LogP contribution in [0.25, 0.3) is 0 Å². The van der Waals surface area contributed by atoms with Crippen molar-refractivity contribution in [1.29, 1.82) is 0 Å². The first kappa shape index (κ1) is 36.1. The third-order valence-corrected chi connectivity index (χ3v) is 8.33. The SMILES string of the molecule is CCCCCCCCCCCCCCCCCCOP(=O)([O-])OC1CC[N+](C)(CC)CC1.O.O. The molecule has 4 N–H and O–H groups in total. The van der Waals surface area contributed by atoms with E-state index in [2.05, 4.69) is 20.9 Å². The fourth-order valence-electron chi connectivity index (χ4n) is 4.63. The van der Waals surface area contributed by atoms with E-state index in [0.717, 1.165) is 49.8 Å². The molecule has 0 radical (unpaired) electrons. The average Bonchev–Trinajstić information content (AvgIpc) is 2.77. The molecule has 0 saturated carbocycles. The Bertz CT molecular complexity index is 486. The molecule has 1 rings (SSSR count). The first-order valence-corrected chi connectivity index (χ1v) is 15.3. The van der Waals surface area contributed by atoms with Gasteiger partial charge in [-0.25, -0.2) is 0 Å². The van der Waals surface area contributed by atoms with E-state index in [4.69, 9.17) is 9.05 Å². The molecule has 0 bridgehead atoms. The molecule has 0 aromatic heterocycles. The van der Waals surface area contributed by atoms with Gasteiger partial charge < -0.3 is 29.4 Å². The van der Waals surface area contributed by atoms with E-state index in [9.17, 15) is 9.46 Å². The number of unbranched alkanes of at least 4 members (excludes halogenated alkanes) is 15. The highest BCUT2D eigenvalue weighted by atomic mass is 31.2. The predicted molar refractivity (Wildman–Crippen MR) is 141 cm³/mol. The number of hydrogen-bond donors (Lipinski definition) is 0. The molecule has 1 fully saturated rings. The van der Waals surface area contributed by atoms with E-state index in [0.29, 0.717) is 0 Å². The van der Waals surface area contributed by atoms with Gasteiger partial charge >= 0.3 is 0 Å². The molecule has 34 heavy (non-hydrogen) atoms. The number of likely N-dealkylation sites (tertiary alicyclic amines) is 1. The van der Waals surface area contributed by atoms with Crippen LogP contribution in [-0.2, 0) is 13.6 Å². The minimum Gasteiger partial charge on any atom is -0.756 e. The Kier molecular flexibility index (Phi) is 23.6. The van der Waals surface area contributed by atoms with E-state index in [1.54, 1.807) is 0 Å². The summed E-state index contributed by atoms with van der Waals surface area (Å²) < 4.78 is 23.5. The Balaban J connectivity index is 0. The smallest absolute Gasteiger partial charge is 0.268 e. The Labute approximate surface area is 210 Å². The molecule has 0 aromatic rings. The number of phosphoric acid groups is 1. The van der Waals surface area contributed by atoms with Crippen molar-refractivity contribution in [2.24, 2.45) is 0 Å². The molecule has 1 aliphatic rings. The van der Waals surface area contributed by atoms with Gasteiger partial charge in [0.15, 0.2) is 0 Å². The standard InChI is InChI=1S/C26H54NO4P.2H2O/c1-4-6-7-8-9-10-11-12-13-14-15-16-17-18-19-20-25-30-32(28,29)31-26-21-23-27(3,5-2)24-22-26;;/h26H,4-25H2,1-3H3;2*1H2. The monoisotopic (exact) mass is 511 g/mol. The second-order valence-corrected chi connectivity index (χ2v) is 11.6. The maximum Gasteiger partial charge on any atom is 0.268 e. The van der Waals surface area contributed by atoms with Gasteiger partial charge in [-0.2, -0.15) is 0 Å². The molecule has 8 heteroatoms. The number of hydrogen-bond acceptors (Lipinski definition) is 4. The van der Waals surface area contributed by atoms with Crippen molar-refractivity contribution in [1.82, 2.24) is 0 Å². The van der Waals surface area contributed by atoms with Gasteiger partial charge in [0.05, 0.1) is 39.4 Å². The Morgan fingerprint density at radius 2 is 1.12 bits per heavy atom. The highest BCUT2D eigenvalue weighted by Crippen LogP contribution is 2.42. The quantitative estimate of drug-likeness (QED) is 0.111. The van der Waals surface area contributed by atoms with Crippen molar-refractivity contribution in [2.75, 3.05) is 33.3 Å². The van der Waals surface area contributed by atoms with Crippen molar-refractivity contribution in [3.05, 3.63) is 0 Å². The molecule has 0 amide bonds. The van der Waals surface area contributed by atoms with Crippen LogP contribution in [0.4, 0.5) is 0 Å². The van der Waals surface area contributed by atoms with Gasteiger partial charge in [-0.3, -0.25) is 4.57 Å². The molecule has 1 atom stereocenters. The van der Waals surface area contributed by atoms with Gasteiger partial charge in [0.2, 0.25) is 0 Å². The molecule has 0 spiro atoms. The minimum atomic E-state index is -4.16. The van der Waals surface area contributed by atoms with Crippen LogP contribution < -0.4 is 4.89 Å².